The van der Waals surface area contributed by atoms with Gasteiger partial charge in [-0.25, -0.2) is 0 Å². The summed E-state index contributed by atoms with van der Waals surface area (Å²) in [6.07, 6.45) is 3.74. The van der Waals surface area contributed by atoms with Gasteiger partial charge in [-0.05, 0) is 12.3 Å². The summed E-state index contributed by atoms with van der Waals surface area (Å²) in [6, 6.07) is 0. The number of methoxy groups -OCH3 is 1. The van der Waals surface area contributed by atoms with Crippen molar-refractivity contribution in [2.45, 2.75) is 0 Å². The second kappa shape index (κ2) is 5.50. The standard InChI is InChI=1S/C5H11NO/c1-6-4-3-5-7-2/h3-4,6H,5H2,1-2H3. The predicted octanol–water partition coefficient (Wildman–Crippen LogP) is 0.366. The number of nitrogens with one attached hydrogen (secondary N) is 1. The number of hydrogen-bond donors (Lipinski definition) is 1. The molecule has 0 aliphatic heterocycles. The molecule has 0 radical (unpaired) electrons. The van der Waals surface area contributed by atoms with Gasteiger partial charge in [-0.15, -0.1) is 0 Å². The Morgan fingerprint density at radius 3 is 2.86 bits per heavy atom. The molecular formula is C5H11NO. The topological polar surface area (TPSA) is 21.3 Å². The Labute approximate surface area is 44.2 Å². The van der Waals surface area contributed by atoms with Crippen LogP contribution in [-0.2, 0) is 4.74 Å². The third-order valence-electron chi connectivity index (χ3n) is 0.547. The molecule has 0 aromatic carbocycles. The minimum Gasteiger partial charge on any atom is -0.394 e. The Balaban J connectivity index is 2.78. The van der Waals surface area contributed by atoms with Gasteiger partial charge in [0.05, 0.1) is 6.61 Å². The maximum absolute atomic E-state index is 4.72. The molecule has 0 unspecified atom stereocenters. The van der Waals surface area contributed by atoms with Gasteiger partial charge in [0.15, 0.2) is 0 Å². The van der Waals surface area contributed by atoms with E-state index in [4.69, 9.17) is 4.74 Å². The van der Waals surface area contributed by atoms with Crippen LogP contribution in [0.1, 0.15) is 0 Å². The van der Waals surface area contributed by atoms with Crippen LogP contribution >= 0.6 is 0 Å². The molecule has 0 amide bonds. The molecule has 0 fully saturated rings. The molecule has 0 aromatic heterocycles. The summed E-state index contributed by atoms with van der Waals surface area (Å²) in [7, 11) is 3.52. The third-order valence-corrected chi connectivity index (χ3v) is 0.547. The molecule has 0 saturated carbocycles. The lowest BCUT2D eigenvalue weighted by Gasteiger charge is -1.85. The van der Waals surface area contributed by atoms with Crippen LogP contribution in [0.2, 0.25) is 0 Å². The van der Waals surface area contributed by atoms with Crippen molar-refractivity contribution in [3.05, 3.63) is 12.3 Å². The van der Waals surface area contributed by atoms with Crippen LogP contribution in [0.25, 0.3) is 0 Å². The fourth-order valence-electron chi connectivity index (χ4n) is 0.262. The van der Waals surface area contributed by atoms with Crippen molar-refractivity contribution in [1.82, 2.24) is 5.32 Å². The van der Waals surface area contributed by atoms with Crippen LogP contribution in [0.5, 0.6) is 0 Å². The van der Waals surface area contributed by atoms with Crippen LogP contribution in [0.4, 0.5) is 0 Å². The predicted molar refractivity (Wildman–Crippen MR) is 30.1 cm³/mol. The van der Waals surface area contributed by atoms with Crippen LogP contribution in [0, 0.1) is 0 Å². The van der Waals surface area contributed by atoms with Crippen LogP contribution in [0.3, 0.4) is 0 Å². The molecule has 2 heteroatoms. The molecule has 42 valence electrons. The molecule has 0 spiro atoms. The zero-order valence-corrected chi connectivity index (χ0v) is 4.77. The van der Waals surface area contributed by atoms with Gasteiger partial charge in [0.1, 0.15) is 0 Å². The summed E-state index contributed by atoms with van der Waals surface area (Å²) in [5, 5.41) is 2.84. The first kappa shape index (κ1) is 6.50. The van der Waals surface area contributed by atoms with Gasteiger partial charge < -0.3 is 10.1 Å². The Hall–Kier alpha value is -0.500. The van der Waals surface area contributed by atoms with Crippen LogP contribution in [0.15, 0.2) is 12.3 Å². The molecule has 0 saturated heterocycles. The maximum atomic E-state index is 4.72. The molecule has 1 N–H and O–H groups in total. The molecule has 0 atom stereocenters. The smallest absolute Gasteiger partial charge is 0.0660 e. The molecule has 0 rings (SSSR count). The Morgan fingerprint density at radius 1 is 1.71 bits per heavy atom. The SMILES string of the molecule is CNC=CCOC. The summed E-state index contributed by atoms with van der Waals surface area (Å²) in [6.45, 7) is 0.681. The highest BCUT2D eigenvalue weighted by Gasteiger charge is 1.65. The van der Waals surface area contributed by atoms with E-state index in [0.29, 0.717) is 6.61 Å². The first-order valence-electron chi connectivity index (χ1n) is 2.23. The van der Waals surface area contributed by atoms with E-state index < -0.39 is 0 Å². The van der Waals surface area contributed by atoms with Crippen molar-refractivity contribution in [3.8, 4) is 0 Å². The summed E-state index contributed by atoms with van der Waals surface area (Å²) in [5.74, 6) is 0. The zero-order valence-electron chi connectivity index (χ0n) is 4.77. The van der Waals surface area contributed by atoms with E-state index in [1.165, 1.54) is 0 Å². The van der Waals surface area contributed by atoms with Crippen molar-refractivity contribution in [2.75, 3.05) is 20.8 Å². The van der Waals surface area contributed by atoms with Crippen molar-refractivity contribution >= 4 is 0 Å². The van der Waals surface area contributed by atoms with E-state index in [2.05, 4.69) is 5.32 Å². The maximum Gasteiger partial charge on any atom is 0.0660 e. The van der Waals surface area contributed by atoms with Crippen molar-refractivity contribution in [1.29, 1.82) is 0 Å². The molecule has 0 heterocycles. The van der Waals surface area contributed by atoms with Gasteiger partial charge >= 0.3 is 0 Å². The lowest BCUT2D eigenvalue weighted by atomic mass is 10.6. The monoisotopic (exact) mass is 101 g/mol. The van der Waals surface area contributed by atoms with E-state index >= 15 is 0 Å². The Bertz CT molecular complexity index is 52.0. The van der Waals surface area contributed by atoms with Gasteiger partial charge in [-0.3, -0.25) is 0 Å². The van der Waals surface area contributed by atoms with Crippen LogP contribution in [-0.4, -0.2) is 20.8 Å². The number of rotatable bonds is 3. The van der Waals surface area contributed by atoms with Gasteiger partial charge in [0.2, 0.25) is 0 Å². The first-order valence-corrected chi connectivity index (χ1v) is 2.23. The molecule has 7 heavy (non-hydrogen) atoms. The Kier molecular flexibility index (Phi) is 5.11. The normalized spacial score (nSPS) is 10.0. The van der Waals surface area contributed by atoms with Crippen molar-refractivity contribution in [3.63, 3.8) is 0 Å². The van der Waals surface area contributed by atoms with E-state index in [0.717, 1.165) is 0 Å². The molecule has 2 nitrogen and oxygen atoms in total. The quantitative estimate of drug-likeness (QED) is 0.554. The lowest BCUT2D eigenvalue weighted by molar-refractivity contribution is 0.233. The molecule has 0 aromatic rings. The van der Waals surface area contributed by atoms with E-state index in [-0.39, 0.29) is 0 Å². The molecular weight excluding hydrogens is 90.1 g/mol. The van der Waals surface area contributed by atoms with Gasteiger partial charge in [0, 0.05) is 14.2 Å². The average molecular weight is 101 g/mol. The summed E-state index contributed by atoms with van der Waals surface area (Å²) >= 11 is 0. The molecule has 0 aliphatic carbocycles. The third kappa shape index (κ3) is 5.50. The summed E-state index contributed by atoms with van der Waals surface area (Å²) in [4.78, 5) is 0. The Morgan fingerprint density at radius 2 is 2.43 bits per heavy atom. The fraction of sp³-hybridized carbons (Fsp3) is 0.600. The summed E-state index contributed by atoms with van der Waals surface area (Å²) < 4.78 is 4.72. The van der Waals surface area contributed by atoms with Crippen molar-refractivity contribution < 1.29 is 4.74 Å². The highest BCUT2D eigenvalue weighted by molar-refractivity contribution is 4.76. The number of hydrogen-bond acceptors (Lipinski definition) is 2. The average Bonchev–Trinajstić information content (AvgIpc) is 1.69. The summed E-state index contributed by atoms with van der Waals surface area (Å²) in [5.41, 5.74) is 0. The number of ether oxygens (including phenoxy) is 1. The second-order valence-corrected chi connectivity index (χ2v) is 1.15. The van der Waals surface area contributed by atoms with E-state index in [9.17, 15) is 0 Å². The van der Waals surface area contributed by atoms with Crippen molar-refractivity contribution in [2.24, 2.45) is 0 Å². The van der Waals surface area contributed by atoms with E-state index in [1.807, 2.05) is 19.3 Å². The van der Waals surface area contributed by atoms with Crippen LogP contribution < -0.4 is 5.32 Å². The van der Waals surface area contributed by atoms with Gasteiger partial charge in [-0.1, -0.05) is 0 Å². The zero-order chi connectivity index (χ0) is 5.54. The van der Waals surface area contributed by atoms with E-state index in [1.54, 1.807) is 7.11 Å². The lowest BCUT2D eigenvalue weighted by Crippen LogP contribution is -1.92. The second-order valence-electron chi connectivity index (χ2n) is 1.15. The van der Waals surface area contributed by atoms with Gasteiger partial charge in [0.25, 0.3) is 0 Å². The largest absolute Gasteiger partial charge is 0.394 e. The first-order chi connectivity index (χ1) is 3.41. The molecule has 0 aliphatic rings. The fourth-order valence-corrected chi connectivity index (χ4v) is 0.262. The van der Waals surface area contributed by atoms with Gasteiger partial charge in [-0.2, -0.15) is 0 Å². The molecule has 0 bridgehead atoms. The minimum atomic E-state index is 0.681. The highest BCUT2D eigenvalue weighted by atomic mass is 16.5. The highest BCUT2D eigenvalue weighted by Crippen LogP contribution is 1.66. The minimum absolute atomic E-state index is 0.681.